The van der Waals surface area contributed by atoms with Gasteiger partial charge in [-0.05, 0) is 53.8 Å². The third-order valence-electron chi connectivity index (χ3n) is 7.20. The molecule has 0 aliphatic heterocycles. The summed E-state index contributed by atoms with van der Waals surface area (Å²) in [5, 5.41) is 0.291. The molecule has 0 amide bonds. The van der Waals surface area contributed by atoms with Crippen molar-refractivity contribution >= 4 is 16.4 Å². The van der Waals surface area contributed by atoms with E-state index in [-0.39, 0.29) is 5.41 Å². The normalized spacial score (nSPS) is 29.6. The highest BCUT2D eigenvalue weighted by Gasteiger charge is 2.51. The Morgan fingerprint density at radius 2 is 1.67 bits per heavy atom. The van der Waals surface area contributed by atoms with Gasteiger partial charge in [-0.25, -0.2) is 0 Å². The van der Waals surface area contributed by atoms with E-state index in [0.29, 0.717) is 5.04 Å². The summed E-state index contributed by atoms with van der Waals surface area (Å²) in [6.07, 6.45) is 2.49. The summed E-state index contributed by atoms with van der Waals surface area (Å²) < 4.78 is 6.53. The highest BCUT2D eigenvalue weighted by atomic mass is 28.4. The second kappa shape index (κ2) is 7.04. The average Bonchev–Trinajstić information content (AvgIpc) is 2.60. The number of allylic oxidation sites excluding steroid dienone is 1. The van der Waals surface area contributed by atoms with Crippen LogP contribution in [0.1, 0.15) is 54.4 Å². The third-order valence-corrected chi connectivity index (χ3v) is 14.4. The van der Waals surface area contributed by atoms with E-state index in [1.54, 1.807) is 5.57 Å². The first-order valence-corrected chi connectivity index (χ1v) is 16.4. The third kappa shape index (κ3) is 4.45. The first-order chi connectivity index (χ1) is 10.5. The summed E-state index contributed by atoms with van der Waals surface area (Å²) in [5.41, 5.74) is 2.56. The Bertz CT molecular complexity index is 453. The molecule has 0 radical (unpaired) electrons. The fourth-order valence-electron chi connectivity index (χ4n) is 4.26. The Kier molecular flexibility index (Phi) is 6.50. The SMILES string of the molecule is C=C1[C@H]([Si](C)(C)C)C[C@@H](C(C)C)[C@]1(C)CCO[Si](C)(C)C(C)(C)C. The smallest absolute Gasteiger partial charge is 0.191 e. The van der Waals surface area contributed by atoms with Crippen LogP contribution < -0.4 is 0 Å². The number of hydrogen-bond acceptors (Lipinski definition) is 1. The second-order valence-corrected chi connectivity index (χ2v) is 21.5. The molecule has 0 aromatic carbocycles. The zero-order valence-electron chi connectivity index (χ0n) is 18.5. The molecule has 1 aliphatic carbocycles. The molecule has 0 spiro atoms. The van der Waals surface area contributed by atoms with Crippen molar-refractivity contribution in [2.45, 2.75) is 97.7 Å². The van der Waals surface area contributed by atoms with Crippen molar-refractivity contribution in [3.63, 3.8) is 0 Å². The van der Waals surface area contributed by atoms with Crippen LogP contribution in [0.4, 0.5) is 0 Å². The van der Waals surface area contributed by atoms with E-state index in [0.717, 1.165) is 30.4 Å². The lowest BCUT2D eigenvalue weighted by Gasteiger charge is -2.40. The van der Waals surface area contributed by atoms with Gasteiger partial charge in [0.1, 0.15) is 0 Å². The molecule has 1 fully saturated rings. The van der Waals surface area contributed by atoms with Crippen LogP contribution in [-0.4, -0.2) is 23.0 Å². The molecule has 1 aliphatic rings. The van der Waals surface area contributed by atoms with Gasteiger partial charge in [-0.1, -0.05) is 73.3 Å². The molecule has 0 saturated heterocycles. The fourth-order valence-corrected chi connectivity index (χ4v) is 7.64. The minimum absolute atomic E-state index is 0.251. The zero-order chi connectivity index (χ0) is 19.1. The van der Waals surface area contributed by atoms with Gasteiger partial charge in [-0.2, -0.15) is 0 Å². The van der Waals surface area contributed by atoms with Gasteiger partial charge in [0.2, 0.25) is 0 Å². The van der Waals surface area contributed by atoms with Gasteiger partial charge < -0.3 is 4.43 Å². The standard InChI is InChI=1S/C21H44OSi2/c1-16(2)18-15-19(23(8,9)10)17(3)21(18,7)13-14-22-24(11,12)20(4,5)6/h16,18-19H,3,13-15H2,1-2,4-12H3/t18-,19+,21+/m0/s1. The lowest BCUT2D eigenvalue weighted by Crippen LogP contribution is -2.42. The monoisotopic (exact) mass is 368 g/mol. The van der Waals surface area contributed by atoms with Crippen LogP contribution in [0.15, 0.2) is 12.2 Å². The van der Waals surface area contributed by atoms with Crippen molar-refractivity contribution in [1.29, 1.82) is 0 Å². The Balaban J connectivity index is 2.92. The van der Waals surface area contributed by atoms with E-state index in [9.17, 15) is 0 Å². The number of rotatable bonds is 6. The summed E-state index contributed by atoms with van der Waals surface area (Å²) in [5.74, 6) is 1.48. The zero-order valence-corrected chi connectivity index (χ0v) is 20.5. The van der Waals surface area contributed by atoms with Gasteiger partial charge in [-0.3, -0.25) is 0 Å². The molecule has 3 heteroatoms. The Morgan fingerprint density at radius 3 is 2.04 bits per heavy atom. The molecule has 0 aromatic rings. The van der Waals surface area contributed by atoms with Crippen molar-refractivity contribution in [2.75, 3.05) is 6.61 Å². The Labute approximate surface area is 154 Å². The van der Waals surface area contributed by atoms with Gasteiger partial charge in [0.25, 0.3) is 0 Å². The van der Waals surface area contributed by atoms with Crippen molar-refractivity contribution < 1.29 is 4.43 Å². The van der Waals surface area contributed by atoms with Gasteiger partial charge in [0.05, 0.1) is 8.07 Å². The molecule has 142 valence electrons. The van der Waals surface area contributed by atoms with Crippen molar-refractivity contribution in [3.05, 3.63) is 12.2 Å². The molecule has 0 bridgehead atoms. The van der Waals surface area contributed by atoms with E-state index in [4.69, 9.17) is 4.43 Å². The van der Waals surface area contributed by atoms with E-state index < -0.39 is 16.4 Å². The van der Waals surface area contributed by atoms with E-state index in [1.165, 1.54) is 6.42 Å². The molecule has 3 atom stereocenters. The molecule has 0 unspecified atom stereocenters. The van der Waals surface area contributed by atoms with Crippen LogP contribution in [0.5, 0.6) is 0 Å². The maximum atomic E-state index is 6.53. The fraction of sp³-hybridized carbons (Fsp3) is 0.905. The largest absolute Gasteiger partial charge is 0.417 e. The first-order valence-electron chi connectivity index (χ1n) is 9.87. The van der Waals surface area contributed by atoms with Gasteiger partial charge in [0.15, 0.2) is 8.32 Å². The molecule has 24 heavy (non-hydrogen) atoms. The summed E-state index contributed by atoms with van der Waals surface area (Å²) in [7, 11) is -2.86. The predicted octanol–water partition coefficient (Wildman–Crippen LogP) is 7.35. The maximum Gasteiger partial charge on any atom is 0.191 e. The predicted molar refractivity (Wildman–Crippen MR) is 115 cm³/mol. The molecule has 0 aromatic heterocycles. The van der Waals surface area contributed by atoms with Gasteiger partial charge in [-0.15, -0.1) is 0 Å². The topological polar surface area (TPSA) is 9.23 Å². The maximum absolute atomic E-state index is 6.53. The summed E-state index contributed by atoms with van der Waals surface area (Å²) in [6.45, 7) is 32.1. The molecular weight excluding hydrogens is 324 g/mol. The molecule has 1 rings (SSSR count). The molecule has 1 saturated carbocycles. The van der Waals surface area contributed by atoms with Gasteiger partial charge >= 0.3 is 0 Å². The van der Waals surface area contributed by atoms with Crippen LogP contribution in [0.3, 0.4) is 0 Å². The summed E-state index contributed by atoms with van der Waals surface area (Å²) >= 11 is 0. The van der Waals surface area contributed by atoms with Crippen molar-refractivity contribution in [3.8, 4) is 0 Å². The van der Waals surface area contributed by atoms with Crippen molar-refractivity contribution in [2.24, 2.45) is 17.3 Å². The summed E-state index contributed by atoms with van der Waals surface area (Å²) in [4.78, 5) is 0. The lowest BCUT2D eigenvalue weighted by molar-refractivity contribution is 0.153. The highest BCUT2D eigenvalue weighted by molar-refractivity contribution is 6.78. The average molecular weight is 369 g/mol. The van der Waals surface area contributed by atoms with Crippen molar-refractivity contribution in [1.82, 2.24) is 0 Å². The molecule has 0 N–H and O–H groups in total. The first kappa shape index (κ1) is 22.2. The minimum atomic E-state index is -1.66. The van der Waals surface area contributed by atoms with Crippen LogP contribution in [0, 0.1) is 17.3 Å². The number of hydrogen-bond donors (Lipinski definition) is 0. The second-order valence-electron chi connectivity index (χ2n) is 11.3. The van der Waals surface area contributed by atoms with Gasteiger partial charge in [0, 0.05) is 6.61 Å². The van der Waals surface area contributed by atoms with E-state index in [2.05, 4.69) is 80.9 Å². The van der Waals surface area contributed by atoms with Crippen LogP contribution in [-0.2, 0) is 4.43 Å². The van der Waals surface area contributed by atoms with Crippen LogP contribution in [0.25, 0.3) is 0 Å². The minimum Gasteiger partial charge on any atom is -0.417 e. The van der Waals surface area contributed by atoms with E-state index in [1.807, 2.05) is 0 Å². The highest BCUT2D eigenvalue weighted by Crippen LogP contribution is 2.60. The summed E-state index contributed by atoms with van der Waals surface area (Å²) in [6, 6.07) is 0. The Morgan fingerprint density at radius 1 is 1.17 bits per heavy atom. The van der Waals surface area contributed by atoms with Crippen LogP contribution in [0.2, 0.25) is 43.3 Å². The Hall–Kier alpha value is 0.134. The molecule has 0 heterocycles. The van der Waals surface area contributed by atoms with E-state index >= 15 is 0 Å². The quantitative estimate of drug-likeness (QED) is 0.352. The molecule has 1 nitrogen and oxygen atoms in total. The lowest BCUT2D eigenvalue weighted by atomic mass is 9.70. The van der Waals surface area contributed by atoms with Crippen LogP contribution >= 0.6 is 0 Å². The molecular formula is C21H44OSi2.